The Bertz CT molecular complexity index is 1310. The molecule has 2 aromatic heterocycles. The fourth-order valence-electron chi connectivity index (χ4n) is 3.41. The van der Waals surface area contributed by atoms with Crippen molar-refractivity contribution in [3.63, 3.8) is 0 Å². The highest BCUT2D eigenvalue weighted by molar-refractivity contribution is 5.87. The molecule has 0 amide bonds. The number of H-pyrrole nitrogens is 1. The Kier molecular flexibility index (Phi) is 6.10. The predicted octanol–water partition coefficient (Wildman–Crippen LogP) is 4.30. The number of likely N-dealkylation sites (N-methyl/N-ethyl adjacent to an activating group) is 1. The normalized spacial score (nSPS) is 11.1. The number of benzene rings is 2. The van der Waals surface area contributed by atoms with Crippen molar-refractivity contribution in [2.45, 2.75) is 6.92 Å². The largest absolute Gasteiger partial charge is 0.493 e. The summed E-state index contributed by atoms with van der Waals surface area (Å²) >= 11 is 0. The zero-order valence-corrected chi connectivity index (χ0v) is 18.1. The number of hydrogen-bond donors (Lipinski definition) is 1. The van der Waals surface area contributed by atoms with E-state index in [4.69, 9.17) is 20.6 Å². The minimum absolute atomic E-state index is 0.0762. The van der Waals surface area contributed by atoms with Gasteiger partial charge in [0.25, 0.3) is 0 Å². The molecule has 0 spiro atoms. The van der Waals surface area contributed by atoms with E-state index >= 15 is 0 Å². The number of nitrogens with zero attached hydrogens (tertiary/aromatic N) is 3. The van der Waals surface area contributed by atoms with Crippen molar-refractivity contribution < 1.29 is 18.6 Å². The Morgan fingerprint density at radius 1 is 1.12 bits per heavy atom. The highest BCUT2D eigenvalue weighted by Gasteiger charge is 2.16. The van der Waals surface area contributed by atoms with E-state index in [0.717, 1.165) is 5.69 Å². The topological polar surface area (TPSA) is 72.5 Å². The molecule has 1 N–H and O–H groups in total. The lowest BCUT2D eigenvalue weighted by atomic mass is 10.2. The van der Waals surface area contributed by atoms with Crippen molar-refractivity contribution in [1.29, 1.82) is 0 Å². The third-order valence-electron chi connectivity index (χ3n) is 5.02. The van der Waals surface area contributed by atoms with Gasteiger partial charge in [0.15, 0.2) is 23.1 Å². The number of methoxy groups -OCH3 is 1. The van der Waals surface area contributed by atoms with Crippen LogP contribution in [0, 0.1) is 25.1 Å². The van der Waals surface area contributed by atoms with Gasteiger partial charge in [-0.1, -0.05) is 5.92 Å². The predicted molar refractivity (Wildman–Crippen MR) is 121 cm³/mol. The van der Waals surface area contributed by atoms with Crippen LogP contribution in [0.5, 0.6) is 23.1 Å². The average molecular weight is 434 g/mol. The van der Waals surface area contributed by atoms with Crippen LogP contribution in [-0.4, -0.2) is 53.7 Å². The van der Waals surface area contributed by atoms with Gasteiger partial charge in [0.2, 0.25) is 5.88 Å². The first-order valence-electron chi connectivity index (χ1n) is 10.0. The summed E-state index contributed by atoms with van der Waals surface area (Å²) < 4.78 is 32.2. The van der Waals surface area contributed by atoms with E-state index in [1.54, 1.807) is 37.4 Å². The number of fused-ring (bicyclic) bond motifs is 2. The van der Waals surface area contributed by atoms with E-state index in [1.165, 1.54) is 6.33 Å². The molecule has 32 heavy (non-hydrogen) atoms. The minimum Gasteiger partial charge on any atom is -0.493 e. The minimum atomic E-state index is -0.457. The van der Waals surface area contributed by atoms with Crippen LogP contribution in [-0.2, 0) is 0 Å². The van der Waals surface area contributed by atoms with Crippen LogP contribution in [0.3, 0.4) is 0 Å². The van der Waals surface area contributed by atoms with Crippen LogP contribution in [0.2, 0.25) is 0 Å². The van der Waals surface area contributed by atoms with Gasteiger partial charge in [-0.3, -0.25) is 4.90 Å². The van der Waals surface area contributed by atoms with Gasteiger partial charge in [-0.25, -0.2) is 14.4 Å². The number of halogens is 1. The number of aryl methyl sites for hydroxylation is 1. The lowest BCUT2D eigenvalue weighted by Crippen LogP contribution is -2.24. The fraction of sp³-hybridized carbons (Fsp3) is 0.250. The lowest BCUT2D eigenvalue weighted by molar-refractivity contribution is 0.242. The average Bonchev–Trinajstić information content (AvgIpc) is 3.17. The molecule has 4 aromatic rings. The molecule has 0 saturated carbocycles. The number of nitrogens with one attached hydrogen (secondary N) is 1. The standard InChI is InChI=1S/C24H23FN4O3/c1-5-8-29(3)9-10-31-22-13-19-17(12-21(22)30-4)24(27-14-26-19)32-20-7-6-18-16(23(20)25)11-15(2)28-18/h1,6-7,11-14,28H,8-10H2,2-4H3. The summed E-state index contributed by atoms with van der Waals surface area (Å²) in [7, 11) is 3.47. The first-order chi connectivity index (χ1) is 15.5. The maximum absolute atomic E-state index is 15.0. The summed E-state index contributed by atoms with van der Waals surface area (Å²) in [6.07, 6.45) is 6.69. The summed E-state index contributed by atoms with van der Waals surface area (Å²) in [5, 5.41) is 1.03. The molecule has 2 aromatic carbocycles. The zero-order chi connectivity index (χ0) is 22.7. The van der Waals surface area contributed by atoms with Crippen molar-refractivity contribution in [3.8, 4) is 35.5 Å². The first-order valence-corrected chi connectivity index (χ1v) is 10.0. The quantitative estimate of drug-likeness (QED) is 0.417. The van der Waals surface area contributed by atoms with Crippen molar-refractivity contribution in [2.75, 3.05) is 33.9 Å². The molecule has 4 rings (SSSR count). The Morgan fingerprint density at radius 3 is 2.75 bits per heavy atom. The molecule has 0 atom stereocenters. The molecule has 0 aliphatic carbocycles. The molecule has 0 bridgehead atoms. The van der Waals surface area contributed by atoms with E-state index in [-0.39, 0.29) is 11.6 Å². The molecular weight excluding hydrogens is 411 g/mol. The van der Waals surface area contributed by atoms with E-state index in [1.807, 2.05) is 18.9 Å². The number of ether oxygens (including phenoxy) is 3. The molecule has 0 fully saturated rings. The van der Waals surface area contributed by atoms with Crippen LogP contribution in [0.15, 0.2) is 36.7 Å². The van der Waals surface area contributed by atoms with Crippen LogP contribution in [0.1, 0.15) is 5.69 Å². The molecule has 0 aliphatic rings. The van der Waals surface area contributed by atoms with Gasteiger partial charge >= 0.3 is 0 Å². The number of rotatable bonds is 8. The van der Waals surface area contributed by atoms with E-state index < -0.39 is 5.82 Å². The van der Waals surface area contributed by atoms with Crippen LogP contribution in [0.4, 0.5) is 4.39 Å². The van der Waals surface area contributed by atoms with E-state index in [0.29, 0.717) is 53.0 Å². The molecule has 2 heterocycles. The number of hydrogen-bond acceptors (Lipinski definition) is 6. The molecule has 8 heteroatoms. The summed E-state index contributed by atoms with van der Waals surface area (Å²) in [6, 6.07) is 8.56. The Balaban J connectivity index is 1.64. The second-order valence-electron chi connectivity index (χ2n) is 7.38. The van der Waals surface area contributed by atoms with Gasteiger partial charge in [0.1, 0.15) is 12.9 Å². The molecular formula is C24H23FN4O3. The monoisotopic (exact) mass is 434 g/mol. The summed E-state index contributed by atoms with van der Waals surface area (Å²) in [6.45, 7) is 3.49. The Labute approximate surface area is 185 Å². The highest BCUT2D eigenvalue weighted by Crippen LogP contribution is 2.37. The van der Waals surface area contributed by atoms with Gasteiger partial charge in [0, 0.05) is 29.2 Å². The number of aromatic amines is 1. The van der Waals surface area contributed by atoms with Crippen molar-refractivity contribution >= 4 is 21.8 Å². The maximum atomic E-state index is 15.0. The molecule has 0 saturated heterocycles. The Morgan fingerprint density at radius 2 is 1.97 bits per heavy atom. The molecule has 164 valence electrons. The summed E-state index contributed by atoms with van der Waals surface area (Å²) in [4.78, 5) is 13.6. The van der Waals surface area contributed by atoms with Crippen LogP contribution >= 0.6 is 0 Å². The highest BCUT2D eigenvalue weighted by atomic mass is 19.1. The van der Waals surface area contributed by atoms with Gasteiger partial charge in [-0.15, -0.1) is 6.42 Å². The van der Waals surface area contributed by atoms with Gasteiger partial charge in [0.05, 0.1) is 24.6 Å². The Hall–Kier alpha value is -3.83. The van der Waals surface area contributed by atoms with Gasteiger partial charge in [-0.2, -0.15) is 0 Å². The van der Waals surface area contributed by atoms with E-state index in [9.17, 15) is 4.39 Å². The smallest absolute Gasteiger partial charge is 0.230 e. The summed E-state index contributed by atoms with van der Waals surface area (Å²) in [5.74, 6) is 3.46. The molecule has 0 unspecified atom stereocenters. The second-order valence-corrected chi connectivity index (χ2v) is 7.38. The van der Waals surface area contributed by atoms with Gasteiger partial charge < -0.3 is 19.2 Å². The first kappa shape index (κ1) is 21.4. The fourth-order valence-corrected chi connectivity index (χ4v) is 3.41. The van der Waals surface area contributed by atoms with Crippen LogP contribution < -0.4 is 14.2 Å². The van der Waals surface area contributed by atoms with Gasteiger partial charge in [-0.05, 0) is 38.2 Å². The second kappa shape index (κ2) is 9.12. The third-order valence-corrected chi connectivity index (χ3v) is 5.02. The van der Waals surface area contributed by atoms with Crippen molar-refractivity contribution in [1.82, 2.24) is 19.9 Å². The zero-order valence-electron chi connectivity index (χ0n) is 18.1. The van der Waals surface area contributed by atoms with Crippen LogP contribution in [0.25, 0.3) is 21.8 Å². The summed E-state index contributed by atoms with van der Waals surface area (Å²) in [5.41, 5.74) is 2.16. The SMILES string of the molecule is C#CCN(C)CCOc1cc2ncnc(Oc3ccc4[nH]c(C)cc4c3F)c2cc1OC. The molecule has 7 nitrogen and oxygen atoms in total. The number of aromatic nitrogens is 3. The maximum Gasteiger partial charge on any atom is 0.230 e. The van der Waals surface area contributed by atoms with E-state index in [2.05, 4.69) is 20.9 Å². The number of terminal acetylenes is 1. The van der Waals surface area contributed by atoms with Crippen molar-refractivity contribution in [2.24, 2.45) is 0 Å². The lowest BCUT2D eigenvalue weighted by Gasteiger charge is -2.16. The van der Waals surface area contributed by atoms with Crippen molar-refractivity contribution in [3.05, 3.63) is 48.2 Å². The molecule has 0 radical (unpaired) electrons. The molecule has 0 aliphatic heterocycles. The third kappa shape index (κ3) is 4.29.